The zero-order valence-electron chi connectivity index (χ0n) is 10.5. The van der Waals surface area contributed by atoms with Crippen LogP contribution in [0.5, 0.6) is 0 Å². The zero-order chi connectivity index (χ0) is 14.5. The summed E-state index contributed by atoms with van der Waals surface area (Å²) >= 11 is 2.69. The van der Waals surface area contributed by atoms with Crippen LogP contribution < -0.4 is 11.1 Å². The van der Waals surface area contributed by atoms with Crippen LogP contribution in [0.25, 0.3) is 0 Å². The van der Waals surface area contributed by atoms with Crippen LogP contribution in [0.3, 0.4) is 0 Å². The lowest BCUT2D eigenvalue weighted by molar-refractivity contribution is 0.102. The van der Waals surface area contributed by atoms with E-state index in [0.29, 0.717) is 10.9 Å². The predicted octanol–water partition coefficient (Wildman–Crippen LogP) is 1.69. The third-order valence-electron chi connectivity index (χ3n) is 2.18. The van der Waals surface area contributed by atoms with Gasteiger partial charge in [0, 0.05) is 12.4 Å². The van der Waals surface area contributed by atoms with Crippen LogP contribution in [0.2, 0.25) is 0 Å². The molecule has 2 aromatic rings. The van der Waals surface area contributed by atoms with Crippen LogP contribution in [0.4, 0.5) is 10.9 Å². The number of carbonyl (C=O) groups is 1. The largest absolute Gasteiger partial charge is 0.382 e. The number of thioether (sulfide) groups is 1. The fourth-order valence-electron chi connectivity index (χ4n) is 1.35. The highest BCUT2D eigenvalue weighted by molar-refractivity contribution is 8.01. The molecule has 20 heavy (non-hydrogen) atoms. The second-order valence-corrected chi connectivity index (χ2v) is 5.83. The summed E-state index contributed by atoms with van der Waals surface area (Å²) in [4.78, 5) is 23.9. The molecule has 0 unspecified atom stereocenters. The first-order valence-electron chi connectivity index (χ1n) is 5.47. The third-order valence-corrected chi connectivity index (χ3v) is 4.49. The molecule has 7 nitrogen and oxygen atoms in total. The summed E-state index contributed by atoms with van der Waals surface area (Å²) in [6, 6.07) is 2.05. The Hall–Kier alpha value is -2.18. The average Bonchev–Trinajstić information content (AvgIpc) is 2.76. The molecule has 0 saturated heterocycles. The van der Waals surface area contributed by atoms with Crippen molar-refractivity contribution in [3.05, 3.63) is 23.8 Å². The van der Waals surface area contributed by atoms with E-state index in [1.807, 2.05) is 13.0 Å². The summed E-state index contributed by atoms with van der Waals surface area (Å²) in [6.45, 7) is 1.82. The minimum absolute atomic E-state index is 0.0616. The van der Waals surface area contributed by atoms with Crippen LogP contribution in [0.15, 0.2) is 16.6 Å². The van der Waals surface area contributed by atoms with Crippen molar-refractivity contribution in [3.63, 3.8) is 0 Å². The lowest BCUT2D eigenvalue weighted by atomic mass is 10.4. The minimum atomic E-state index is -0.457. The Morgan fingerprint density at radius 1 is 1.55 bits per heavy atom. The van der Waals surface area contributed by atoms with Crippen molar-refractivity contribution in [2.75, 3.05) is 16.8 Å². The molecule has 2 rings (SSSR count). The maximum absolute atomic E-state index is 12.0. The Morgan fingerprint density at radius 3 is 3.00 bits per heavy atom. The minimum Gasteiger partial charge on any atom is -0.382 e. The molecule has 0 aliphatic heterocycles. The molecule has 0 spiro atoms. The van der Waals surface area contributed by atoms with Gasteiger partial charge in [-0.1, -0.05) is 23.1 Å². The van der Waals surface area contributed by atoms with Gasteiger partial charge in [-0.3, -0.25) is 10.1 Å². The highest BCUT2D eigenvalue weighted by Crippen LogP contribution is 2.31. The number of aryl methyl sites for hydroxylation is 1. The van der Waals surface area contributed by atoms with Gasteiger partial charge in [0.1, 0.15) is 0 Å². The third kappa shape index (κ3) is 3.23. The molecule has 0 atom stereocenters. The number of nitriles is 1. The molecule has 2 heterocycles. The Bertz CT molecular complexity index is 678. The van der Waals surface area contributed by atoms with Gasteiger partial charge in [0.2, 0.25) is 0 Å². The van der Waals surface area contributed by atoms with E-state index in [1.54, 1.807) is 0 Å². The monoisotopic (exact) mass is 306 g/mol. The second kappa shape index (κ2) is 6.31. The van der Waals surface area contributed by atoms with Gasteiger partial charge in [-0.25, -0.2) is 15.0 Å². The number of aromatic nitrogens is 3. The van der Waals surface area contributed by atoms with Crippen molar-refractivity contribution in [1.29, 1.82) is 5.26 Å². The number of carbonyl (C=O) groups excluding carboxylic acids is 1. The van der Waals surface area contributed by atoms with Crippen LogP contribution in [-0.2, 0) is 0 Å². The molecule has 9 heteroatoms. The molecule has 0 fully saturated rings. The number of hydrogen-bond acceptors (Lipinski definition) is 8. The molecule has 2 aromatic heterocycles. The summed E-state index contributed by atoms with van der Waals surface area (Å²) in [7, 11) is 0. The van der Waals surface area contributed by atoms with E-state index in [2.05, 4.69) is 20.3 Å². The van der Waals surface area contributed by atoms with E-state index in [-0.39, 0.29) is 11.5 Å². The van der Waals surface area contributed by atoms with Crippen molar-refractivity contribution < 1.29 is 4.79 Å². The quantitative estimate of drug-likeness (QED) is 0.825. The molecule has 0 aliphatic carbocycles. The zero-order valence-corrected chi connectivity index (χ0v) is 12.1. The first-order chi connectivity index (χ1) is 9.61. The fraction of sp³-hybridized carbons (Fsp3) is 0.182. The standard InChI is InChI=1S/C11H10N6OS2/c1-6-10(19-5-2-12)20-11(16-6)17-9(18)7-8(13)15-4-3-14-7/h3-4H,5H2,1H3,(H2,13,15)(H,16,17,18). The van der Waals surface area contributed by atoms with Gasteiger partial charge in [-0.05, 0) is 6.92 Å². The second-order valence-electron chi connectivity index (χ2n) is 3.58. The number of nitrogens with zero attached hydrogens (tertiary/aromatic N) is 4. The Balaban J connectivity index is 2.13. The normalized spacial score (nSPS) is 10.0. The number of nitrogens with one attached hydrogen (secondary N) is 1. The number of nitrogens with two attached hydrogens (primary N) is 1. The van der Waals surface area contributed by atoms with Crippen LogP contribution >= 0.6 is 23.1 Å². The Labute approximate surface area is 123 Å². The van der Waals surface area contributed by atoms with Gasteiger partial charge in [0.15, 0.2) is 16.6 Å². The number of amides is 1. The highest BCUT2D eigenvalue weighted by atomic mass is 32.2. The number of rotatable bonds is 4. The first kappa shape index (κ1) is 14.2. The number of thiazole rings is 1. The van der Waals surface area contributed by atoms with Crippen LogP contribution in [-0.4, -0.2) is 26.6 Å². The lowest BCUT2D eigenvalue weighted by Crippen LogP contribution is -2.16. The van der Waals surface area contributed by atoms with Gasteiger partial charge < -0.3 is 5.73 Å². The van der Waals surface area contributed by atoms with Crippen molar-refractivity contribution in [2.45, 2.75) is 11.1 Å². The SMILES string of the molecule is Cc1nc(NC(=O)c2nccnc2N)sc1SCC#N. The maximum atomic E-state index is 12.0. The smallest absolute Gasteiger partial charge is 0.279 e. The molecule has 0 saturated carbocycles. The van der Waals surface area contributed by atoms with E-state index in [0.717, 1.165) is 9.90 Å². The molecule has 102 valence electrons. The number of hydrogen-bond donors (Lipinski definition) is 2. The van der Waals surface area contributed by atoms with Crippen molar-refractivity contribution in [1.82, 2.24) is 15.0 Å². The van der Waals surface area contributed by atoms with Crippen molar-refractivity contribution >= 4 is 40.0 Å². The van der Waals surface area contributed by atoms with Gasteiger partial charge in [-0.15, -0.1) is 0 Å². The molecule has 0 aliphatic rings. The van der Waals surface area contributed by atoms with Crippen LogP contribution in [0.1, 0.15) is 16.2 Å². The molecule has 0 bridgehead atoms. The fourth-order valence-corrected chi connectivity index (χ4v) is 3.14. The molecule has 0 aromatic carbocycles. The lowest BCUT2D eigenvalue weighted by Gasteiger charge is -2.02. The van der Waals surface area contributed by atoms with E-state index >= 15 is 0 Å². The Kier molecular flexibility index (Phi) is 4.49. The number of nitrogen functional groups attached to an aromatic ring is 1. The summed E-state index contributed by atoms with van der Waals surface area (Å²) in [5, 5.41) is 11.6. The average molecular weight is 306 g/mol. The van der Waals surface area contributed by atoms with Crippen molar-refractivity contribution in [3.8, 4) is 6.07 Å². The van der Waals surface area contributed by atoms with E-state index < -0.39 is 5.91 Å². The Morgan fingerprint density at radius 2 is 2.30 bits per heavy atom. The highest BCUT2D eigenvalue weighted by Gasteiger charge is 2.15. The topological polar surface area (TPSA) is 118 Å². The first-order valence-corrected chi connectivity index (χ1v) is 7.27. The molecule has 1 amide bonds. The van der Waals surface area contributed by atoms with Gasteiger partial charge in [0.25, 0.3) is 5.91 Å². The molecular formula is C11H10N6OS2. The molecular weight excluding hydrogens is 296 g/mol. The van der Waals surface area contributed by atoms with Gasteiger partial charge in [-0.2, -0.15) is 5.26 Å². The van der Waals surface area contributed by atoms with Crippen molar-refractivity contribution in [2.24, 2.45) is 0 Å². The van der Waals surface area contributed by atoms with Gasteiger partial charge >= 0.3 is 0 Å². The molecule has 0 radical (unpaired) electrons. The predicted molar refractivity (Wildman–Crippen MR) is 77.6 cm³/mol. The van der Waals surface area contributed by atoms with E-state index in [9.17, 15) is 4.79 Å². The summed E-state index contributed by atoms with van der Waals surface area (Å²) in [5.74, 6) is -0.0494. The van der Waals surface area contributed by atoms with E-state index in [4.69, 9.17) is 11.0 Å². The number of anilines is 2. The van der Waals surface area contributed by atoms with E-state index in [1.165, 1.54) is 35.5 Å². The van der Waals surface area contributed by atoms with Gasteiger partial charge in [0.05, 0.1) is 21.7 Å². The summed E-state index contributed by atoms with van der Waals surface area (Å²) in [5.41, 5.74) is 6.42. The summed E-state index contributed by atoms with van der Waals surface area (Å²) < 4.78 is 0.897. The summed E-state index contributed by atoms with van der Waals surface area (Å²) in [6.07, 6.45) is 2.81. The maximum Gasteiger partial charge on any atom is 0.279 e. The van der Waals surface area contributed by atoms with Crippen LogP contribution in [0, 0.1) is 18.3 Å². The molecule has 3 N–H and O–H groups in total.